The van der Waals surface area contributed by atoms with Crippen LogP contribution in [0, 0.1) is 11.3 Å². The number of allylic oxidation sites excluding steroid dienone is 7. The molecule has 7 rings (SSSR count). The average Bonchev–Trinajstić information content (AvgIpc) is 1.60. The van der Waals surface area contributed by atoms with Crippen molar-refractivity contribution >= 4 is 84.4 Å². The number of aliphatic carboxylic acids is 3. The summed E-state index contributed by atoms with van der Waals surface area (Å²) in [5.74, 6) is -5.31. The van der Waals surface area contributed by atoms with E-state index in [1.165, 1.54) is 0 Å². The number of carboxylic acids is 3. The van der Waals surface area contributed by atoms with Crippen molar-refractivity contribution in [2.45, 2.75) is 198 Å². The molecule has 23 nitrogen and oxygen atoms in total. The summed E-state index contributed by atoms with van der Waals surface area (Å²) in [6.07, 6.45) is 16.3. The first-order valence-electron chi connectivity index (χ1n) is 35.7. The predicted octanol–water partition coefficient (Wildman–Crippen LogP) is 12.5. The Bertz CT molecular complexity index is 4080. The number of Topliss-reactive ketones (excluding diaryl/α,β-unsaturated/α-hetero) is 2. The maximum absolute atomic E-state index is 14.3. The zero-order chi connectivity index (χ0) is 74.9. The molecule has 3 amide bonds. The molecule has 2 heterocycles. The Morgan fingerprint density at radius 1 is 0.631 bits per heavy atom. The van der Waals surface area contributed by atoms with Gasteiger partial charge in [-0.2, -0.15) is 21.4 Å². The van der Waals surface area contributed by atoms with Crippen LogP contribution in [0.15, 0.2) is 150 Å². The summed E-state index contributed by atoms with van der Waals surface area (Å²) in [6.45, 7) is 9.67. The van der Waals surface area contributed by atoms with Crippen molar-refractivity contribution in [1.29, 1.82) is 5.41 Å². The third-order valence-corrected chi connectivity index (χ3v) is 20.8. The zero-order valence-electron chi connectivity index (χ0n) is 59.5. The fraction of sp³-hybridized carbons (Fsp3) is 0.474. The van der Waals surface area contributed by atoms with Gasteiger partial charge < -0.3 is 46.3 Å². The van der Waals surface area contributed by atoms with Crippen LogP contribution in [0.3, 0.4) is 0 Å². The van der Waals surface area contributed by atoms with Crippen LogP contribution in [0.4, 0.5) is 16.2 Å². The van der Waals surface area contributed by atoms with Crippen LogP contribution in [-0.2, 0) is 72.7 Å². The van der Waals surface area contributed by atoms with Crippen molar-refractivity contribution in [2.75, 3.05) is 36.0 Å². The molecule has 0 spiro atoms. The molecule has 0 aromatic heterocycles. The van der Waals surface area contributed by atoms with Gasteiger partial charge in [0, 0.05) is 91.8 Å². The van der Waals surface area contributed by atoms with Crippen molar-refractivity contribution in [1.82, 2.24) is 16.0 Å². The molecule has 2 aliphatic heterocycles. The minimum atomic E-state index is -4.14. The van der Waals surface area contributed by atoms with Crippen molar-refractivity contribution in [3.8, 4) is 5.75 Å². The van der Waals surface area contributed by atoms with Gasteiger partial charge in [0.15, 0.2) is 11.5 Å². The SMILES string of the molecule is CC1(C)C(=CC=C2CCCC(C=CC3=[N+](CCCCS(=O)(=O)O)c4ccccc4C3(C)C)=C2Oc2ccc(C[C@H](CC(=O)[C@H](Cc3ccccc3)NC(=O)CCCCCCCCC(=N)CC(=O)CC[C@H](NC(=O)NCCCC(=O)O)C(=O)O)C(=O)O)cc2)N(CCCCS(=O)(=O)O)c2ccccc21. The van der Waals surface area contributed by atoms with E-state index in [-0.39, 0.29) is 106 Å². The Morgan fingerprint density at radius 3 is 1.93 bits per heavy atom. The van der Waals surface area contributed by atoms with E-state index in [0.717, 1.165) is 82.7 Å². The van der Waals surface area contributed by atoms with Gasteiger partial charge in [-0.15, -0.1) is 0 Å². The molecule has 0 bridgehead atoms. The summed E-state index contributed by atoms with van der Waals surface area (Å²) in [4.78, 5) is 90.1. The number of para-hydroxylation sites is 2. The lowest BCUT2D eigenvalue weighted by Gasteiger charge is -2.27. The number of anilines is 1. The number of carbonyl (C=O) groups is 7. The van der Waals surface area contributed by atoms with E-state index in [9.17, 15) is 69.7 Å². The number of benzene rings is 4. The fourth-order valence-corrected chi connectivity index (χ4v) is 14.8. The Hall–Kier alpha value is -8.91. The summed E-state index contributed by atoms with van der Waals surface area (Å²) in [7, 11) is -8.28. The number of ether oxygens (including phenoxy) is 1. The zero-order valence-corrected chi connectivity index (χ0v) is 61.1. The predicted molar refractivity (Wildman–Crippen MR) is 396 cm³/mol. The molecule has 4 aromatic rings. The quantitative estimate of drug-likeness (QED) is 0.00859. The summed E-state index contributed by atoms with van der Waals surface area (Å²) < 4.78 is 75.1. The van der Waals surface area contributed by atoms with Crippen LogP contribution < -0.4 is 25.6 Å². The molecule has 556 valence electrons. The lowest BCUT2D eigenvalue weighted by Crippen LogP contribution is -2.46. The summed E-state index contributed by atoms with van der Waals surface area (Å²) in [5, 5.41) is 44.8. The van der Waals surface area contributed by atoms with Crippen LogP contribution >= 0.6 is 0 Å². The van der Waals surface area contributed by atoms with Crippen molar-refractivity contribution in [2.24, 2.45) is 5.92 Å². The van der Waals surface area contributed by atoms with E-state index in [0.29, 0.717) is 75.1 Å². The molecule has 25 heteroatoms. The Kier molecular flexibility index (Phi) is 30.5. The smallest absolute Gasteiger partial charge is 0.326 e. The molecule has 103 heavy (non-hydrogen) atoms. The topological polar surface area (TPSA) is 364 Å². The lowest BCUT2D eigenvalue weighted by molar-refractivity contribution is -0.438. The molecular weight excluding hydrogens is 1360 g/mol. The van der Waals surface area contributed by atoms with Crippen LogP contribution in [0.5, 0.6) is 5.75 Å². The highest BCUT2D eigenvalue weighted by molar-refractivity contribution is 7.86. The third-order valence-electron chi connectivity index (χ3n) is 19.2. The molecular formula is C78H101N6O17S2+. The summed E-state index contributed by atoms with van der Waals surface area (Å²) in [5.41, 5.74) is 8.82. The fourth-order valence-electron chi connectivity index (χ4n) is 13.6. The molecule has 9 N–H and O–H groups in total. The molecule has 0 saturated heterocycles. The van der Waals surface area contributed by atoms with Crippen LogP contribution in [0.1, 0.15) is 185 Å². The molecule has 4 aromatic carbocycles. The highest BCUT2D eigenvalue weighted by Gasteiger charge is 2.44. The van der Waals surface area contributed by atoms with E-state index in [2.05, 4.69) is 102 Å². The van der Waals surface area contributed by atoms with Gasteiger partial charge in [-0.25, -0.2) is 9.59 Å². The first-order chi connectivity index (χ1) is 48.9. The van der Waals surface area contributed by atoms with Crippen molar-refractivity contribution in [3.05, 3.63) is 172 Å². The van der Waals surface area contributed by atoms with E-state index in [4.69, 9.17) is 15.3 Å². The van der Waals surface area contributed by atoms with Gasteiger partial charge in [-0.05, 0) is 156 Å². The second-order valence-corrected chi connectivity index (χ2v) is 31.1. The minimum Gasteiger partial charge on any atom is -0.481 e. The molecule has 3 aliphatic rings. The van der Waals surface area contributed by atoms with Gasteiger partial charge in [0.1, 0.15) is 29.9 Å². The number of hydrogen-bond donors (Lipinski definition) is 9. The highest BCUT2D eigenvalue weighted by atomic mass is 32.2. The van der Waals surface area contributed by atoms with Crippen molar-refractivity contribution in [3.63, 3.8) is 0 Å². The number of rotatable bonds is 44. The minimum absolute atomic E-state index is 0.00656. The number of ketones is 2. The summed E-state index contributed by atoms with van der Waals surface area (Å²) >= 11 is 0. The number of amides is 3. The Morgan fingerprint density at radius 2 is 1.26 bits per heavy atom. The van der Waals surface area contributed by atoms with Gasteiger partial charge in [0.25, 0.3) is 20.2 Å². The maximum atomic E-state index is 14.3. The van der Waals surface area contributed by atoms with Gasteiger partial charge >= 0.3 is 23.9 Å². The average molecular weight is 1460 g/mol. The molecule has 3 atom stereocenters. The Labute approximate surface area is 605 Å². The number of carboxylic acid groups (broad SMARTS) is 3. The number of fused-ring (bicyclic) bond motifs is 2. The molecule has 1 aliphatic carbocycles. The third kappa shape index (κ3) is 25.5. The van der Waals surface area contributed by atoms with Gasteiger partial charge in [0.05, 0.1) is 28.9 Å². The van der Waals surface area contributed by atoms with E-state index >= 15 is 0 Å². The Balaban J connectivity index is 1.01. The summed E-state index contributed by atoms with van der Waals surface area (Å²) in [6, 6.07) is 29.5. The largest absolute Gasteiger partial charge is 0.481 e. The van der Waals surface area contributed by atoms with Gasteiger partial charge in [-0.3, -0.25) is 33.1 Å². The normalized spacial score (nSPS) is 16.5. The lowest BCUT2D eigenvalue weighted by atomic mass is 9.81. The van der Waals surface area contributed by atoms with E-state index in [1.807, 2.05) is 54.6 Å². The molecule has 0 fully saturated rings. The number of nitrogens with one attached hydrogen (secondary N) is 4. The number of nitrogens with zero attached hydrogens (tertiary/aromatic N) is 2. The number of unbranched alkanes of at least 4 members (excludes halogenated alkanes) is 7. The maximum Gasteiger partial charge on any atom is 0.326 e. The number of urea groups is 1. The first kappa shape index (κ1) is 81.4. The second-order valence-electron chi connectivity index (χ2n) is 28.0. The van der Waals surface area contributed by atoms with Crippen LogP contribution in [0.2, 0.25) is 0 Å². The monoisotopic (exact) mass is 1460 g/mol. The highest BCUT2D eigenvalue weighted by Crippen LogP contribution is 2.48. The second kappa shape index (κ2) is 38.6. The molecule has 0 unspecified atom stereocenters. The number of carbonyl (C=O) groups excluding carboxylic acids is 4. The van der Waals surface area contributed by atoms with Crippen molar-refractivity contribution < 1.29 is 84.1 Å². The van der Waals surface area contributed by atoms with E-state index in [1.54, 1.807) is 24.3 Å². The van der Waals surface area contributed by atoms with Crippen LogP contribution in [-0.4, -0.2) is 142 Å². The van der Waals surface area contributed by atoms with Gasteiger partial charge in [-0.1, -0.05) is 124 Å². The first-order valence-corrected chi connectivity index (χ1v) is 38.9. The molecule has 0 radical (unpaired) electrons. The molecule has 0 saturated carbocycles. The van der Waals surface area contributed by atoms with E-state index < -0.39 is 78.8 Å². The van der Waals surface area contributed by atoms with Gasteiger partial charge in [0.2, 0.25) is 11.6 Å². The van der Waals surface area contributed by atoms with Crippen LogP contribution in [0.25, 0.3) is 0 Å². The standard InChI is InChI=1S/C78H100N6O17S2/c1-77(2)62-29-14-16-31-66(62)83(46-18-20-48-102(95,96)97)69(77)43-37-56-26-22-27-57(38-44-70-78(3,4)63-30-15-17-32-67(63)84(70)47-19-21-49-103(98,99)100)73(56)101-61-40-35-55(36-41-61)50-58(74(90)91)52-68(86)65(51-54-24-10-9-11-25-54)81-71(87)33-13-8-6-5-7-12-28-59(79)53-60(85)39-42-64(75(92)93)82-76(94)80-45-23-34-72(88)89/h9-11,14-17,24-25,29-32,35-38,40-41,43-44,58,64-65,79H,5-8,12-13,18-23,26-28,33-34,39,42,45-53H2,1-4H3,(H7-,80,81,82,87,88,89,90,91,92,93,94,95,96,97,98,99,100)/p+1/t58-,64+,65+/m1/s1. The number of hydrogen-bond acceptors (Lipinski definition) is 14.